The van der Waals surface area contributed by atoms with E-state index in [0.717, 1.165) is 6.08 Å². The Kier molecular flexibility index (Phi) is 5.87. The molecule has 0 spiro atoms. The summed E-state index contributed by atoms with van der Waals surface area (Å²) in [6.07, 6.45) is 2.25. The van der Waals surface area contributed by atoms with Crippen LogP contribution >= 0.6 is 0 Å². The van der Waals surface area contributed by atoms with Crippen molar-refractivity contribution < 1.29 is 23.8 Å². The number of carboxylic acids is 1. The van der Waals surface area contributed by atoms with E-state index in [2.05, 4.69) is 0 Å². The first-order valence-electron chi connectivity index (χ1n) is 5.54. The van der Waals surface area contributed by atoms with Crippen LogP contribution < -0.4 is 4.74 Å². The first kappa shape index (κ1) is 14.2. The van der Waals surface area contributed by atoms with E-state index in [-0.39, 0.29) is 0 Å². The molecule has 1 rings (SSSR count). The number of ether oxygens (including phenoxy) is 2. The average Bonchev–Trinajstić information content (AvgIpc) is 2.32. The lowest BCUT2D eigenvalue weighted by Gasteiger charge is -2.07. The Hall–Kier alpha value is -1.88. The van der Waals surface area contributed by atoms with Crippen molar-refractivity contribution in [1.82, 2.24) is 0 Å². The Morgan fingerprint density at radius 3 is 2.83 bits per heavy atom. The molecular weight excluding hydrogens is 239 g/mol. The van der Waals surface area contributed by atoms with Gasteiger partial charge in [-0.2, -0.15) is 0 Å². The van der Waals surface area contributed by atoms with E-state index in [9.17, 15) is 9.18 Å². The minimum absolute atomic E-state index is 0.319. The average molecular weight is 254 g/mol. The van der Waals surface area contributed by atoms with Gasteiger partial charge in [0.1, 0.15) is 18.2 Å². The quantitative estimate of drug-likeness (QED) is 0.599. The Morgan fingerprint density at radius 2 is 2.17 bits per heavy atom. The highest BCUT2D eigenvalue weighted by Crippen LogP contribution is 2.17. The minimum atomic E-state index is -1.09. The summed E-state index contributed by atoms with van der Waals surface area (Å²) in [4.78, 5) is 10.4. The number of carboxylic acid groups (broad SMARTS) is 1. The fourth-order valence-corrected chi connectivity index (χ4v) is 1.29. The van der Waals surface area contributed by atoms with E-state index in [1.54, 1.807) is 6.07 Å². The number of carbonyl (C=O) groups is 1. The minimum Gasteiger partial charge on any atom is -0.491 e. The molecule has 0 atom stereocenters. The van der Waals surface area contributed by atoms with Crippen molar-refractivity contribution in [1.29, 1.82) is 0 Å². The largest absolute Gasteiger partial charge is 0.491 e. The van der Waals surface area contributed by atoms with Gasteiger partial charge >= 0.3 is 5.97 Å². The topological polar surface area (TPSA) is 55.8 Å². The summed E-state index contributed by atoms with van der Waals surface area (Å²) < 4.78 is 23.6. The van der Waals surface area contributed by atoms with Gasteiger partial charge in [0.05, 0.1) is 6.61 Å². The summed E-state index contributed by atoms with van der Waals surface area (Å²) in [7, 11) is 0. The molecule has 0 saturated carbocycles. The molecule has 5 heteroatoms. The number of benzene rings is 1. The third-order valence-corrected chi connectivity index (χ3v) is 2.01. The first-order chi connectivity index (χ1) is 8.61. The van der Waals surface area contributed by atoms with Crippen molar-refractivity contribution in [3.63, 3.8) is 0 Å². The number of halogens is 1. The Balaban J connectivity index is 2.65. The lowest BCUT2D eigenvalue weighted by Crippen LogP contribution is -2.06. The van der Waals surface area contributed by atoms with E-state index in [4.69, 9.17) is 14.6 Å². The molecule has 0 unspecified atom stereocenters. The summed E-state index contributed by atoms with van der Waals surface area (Å²) >= 11 is 0. The highest BCUT2D eigenvalue weighted by atomic mass is 19.1. The molecule has 0 heterocycles. The Labute approximate surface area is 105 Å². The second kappa shape index (κ2) is 7.45. The Morgan fingerprint density at radius 1 is 1.39 bits per heavy atom. The van der Waals surface area contributed by atoms with E-state index < -0.39 is 11.8 Å². The monoisotopic (exact) mass is 254 g/mol. The van der Waals surface area contributed by atoms with Gasteiger partial charge in [0.2, 0.25) is 0 Å². The van der Waals surface area contributed by atoms with Crippen molar-refractivity contribution in [2.24, 2.45) is 0 Å². The molecular formula is C13H15FO4. The molecule has 4 nitrogen and oxygen atoms in total. The normalized spacial score (nSPS) is 10.8. The van der Waals surface area contributed by atoms with Gasteiger partial charge < -0.3 is 14.6 Å². The van der Waals surface area contributed by atoms with Crippen molar-refractivity contribution in [2.75, 3.05) is 19.8 Å². The lowest BCUT2D eigenvalue weighted by molar-refractivity contribution is -0.131. The number of aliphatic carboxylic acids is 1. The maximum Gasteiger partial charge on any atom is 0.328 e. The molecule has 0 radical (unpaired) electrons. The summed E-state index contributed by atoms with van der Waals surface area (Å²) in [5.74, 6) is -1.22. The molecule has 0 saturated heterocycles. The predicted molar refractivity (Wildman–Crippen MR) is 65.1 cm³/mol. The van der Waals surface area contributed by atoms with Gasteiger partial charge in [-0.1, -0.05) is 0 Å². The zero-order chi connectivity index (χ0) is 13.4. The van der Waals surface area contributed by atoms with Crippen molar-refractivity contribution in [3.05, 3.63) is 35.7 Å². The second-order valence-corrected chi connectivity index (χ2v) is 3.44. The van der Waals surface area contributed by atoms with Gasteiger partial charge in [0, 0.05) is 18.7 Å². The third-order valence-electron chi connectivity index (χ3n) is 2.01. The molecule has 1 N–H and O–H groups in total. The van der Waals surface area contributed by atoms with Gasteiger partial charge in [-0.3, -0.25) is 0 Å². The zero-order valence-electron chi connectivity index (χ0n) is 10.1. The summed E-state index contributed by atoms with van der Waals surface area (Å²) in [6, 6.07) is 4.04. The van der Waals surface area contributed by atoms with E-state index in [1.165, 1.54) is 18.2 Å². The molecule has 18 heavy (non-hydrogen) atoms. The molecule has 1 aromatic carbocycles. The Bertz CT molecular complexity index is 429. The first-order valence-corrected chi connectivity index (χ1v) is 5.54. The van der Waals surface area contributed by atoms with Gasteiger partial charge in [0.15, 0.2) is 0 Å². The highest BCUT2D eigenvalue weighted by molar-refractivity contribution is 5.85. The van der Waals surface area contributed by atoms with Crippen LogP contribution in [0, 0.1) is 5.82 Å². The number of hydrogen-bond acceptors (Lipinski definition) is 3. The fraction of sp³-hybridized carbons (Fsp3) is 0.308. The van der Waals surface area contributed by atoms with Crippen LogP contribution in [0.25, 0.3) is 6.08 Å². The van der Waals surface area contributed by atoms with Crippen LogP contribution in [-0.2, 0) is 9.53 Å². The van der Waals surface area contributed by atoms with Crippen LogP contribution in [0.15, 0.2) is 24.3 Å². The second-order valence-electron chi connectivity index (χ2n) is 3.44. The molecule has 0 aliphatic heterocycles. The standard InChI is InChI=1S/C13H15FO4/c1-2-17-5-6-18-12-8-10(3-4-13(15)16)7-11(14)9-12/h3-4,7-9H,2,5-6H2,1H3,(H,15,16)/b4-3+. The van der Waals surface area contributed by atoms with Crippen LogP contribution in [-0.4, -0.2) is 30.9 Å². The molecule has 0 aliphatic carbocycles. The van der Waals surface area contributed by atoms with Gasteiger partial charge in [-0.05, 0) is 30.7 Å². The smallest absolute Gasteiger partial charge is 0.328 e. The fourth-order valence-electron chi connectivity index (χ4n) is 1.29. The maximum atomic E-state index is 13.2. The molecule has 0 amide bonds. The van der Waals surface area contributed by atoms with Crippen LogP contribution in [0.1, 0.15) is 12.5 Å². The lowest BCUT2D eigenvalue weighted by atomic mass is 10.2. The van der Waals surface area contributed by atoms with Crippen LogP contribution in [0.4, 0.5) is 4.39 Å². The van der Waals surface area contributed by atoms with Gasteiger partial charge in [-0.25, -0.2) is 9.18 Å². The van der Waals surface area contributed by atoms with E-state index in [1.807, 2.05) is 6.92 Å². The number of rotatable bonds is 7. The van der Waals surface area contributed by atoms with Crippen molar-refractivity contribution in [2.45, 2.75) is 6.92 Å². The summed E-state index contributed by atoms with van der Waals surface area (Å²) in [5, 5.41) is 8.49. The molecule has 0 aliphatic rings. The van der Waals surface area contributed by atoms with Gasteiger partial charge in [-0.15, -0.1) is 0 Å². The molecule has 0 fully saturated rings. The van der Waals surface area contributed by atoms with Crippen LogP contribution in [0.2, 0.25) is 0 Å². The summed E-state index contributed by atoms with van der Waals surface area (Å²) in [5.41, 5.74) is 0.434. The van der Waals surface area contributed by atoms with E-state index in [0.29, 0.717) is 31.1 Å². The maximum absolute atomic E-state index is 13.2. The number of hydrogen-bond donors (Lipinski definition) is 1. The predicted octanol–water partition coefficient (Wildman–Crippen LogP) is 2.34. The highest BCUT2D eigenvalue weighted by Gasteiger charge is 2.00. The molecule has 0 bridgehead atoms. The van der Waals surface area contributed by atoms with Gasteiger partial charge in [0.25, 0.3) is 0 Å². The third kappa shape index (κ3) is 5.45. The molecule has 98 valence electrons. The van der Waals surface area contributed by atoms with Crippen molar-refractivity contribution >= 4 is 12.0 Å². The molecule has 0 aromatic heterocycles. The summed E-state index contributed by atoms with van der Waals surface area (Å²) in [6.45, 7) is 3.21. The van der Waals surface area contributed by atoms with Crippen LogP contribution in [0.5, 0.6) is 5.75 Å². The molecule has 1 aromatic rings. The zero-order valence-corrected chi connectivity index (χ0v) is 10.1. The van der Waals surface area contributed by atoms with Crippen molar-refractivity contribution in [3.8, 4) is 5.75 Å². The van der Waals surface area contributed by atoms with Crippen LogP contribution in [0.3, 0.4) is 0 Å². The SMILES string of the molecule is CCOCCOc1cc(F)cc(/C=C/C(=O)O)c1. The van der Waals surface area contributed by atoms with E-state index >= 15 is 0 Å².